The number of hydrogen-bond donors (Lipinski definition) is 1. The van der Waals surface area contributed by atoms with Crippen molar-refractivity contribution in [2.75, 3.05) is 18.8 Å². The SMILES string of the molecule is Cc1nc(N)sc1C(=O)N1CC=C(C(F)(F)F)CC1. The number of nitrogens with zero attached hydrogens (tertiary/aromatic N) is 2. The van der Waals surface area contributed by atoms with Gasteiger partial charge in [0.2, 0.25) is 0 Å². The van der Waals surface area contributed by atoms with Crippen LogP contribution in [-0.2, 0) is 0 Å². The van der Waals surface area contributed by atoms with Crippen LogP contribution in [0.15, 0.2) is 11.6 Å². The third-order valence-electron chi connectivity index (χ3n) is 2.87. The van der Waals surface area contributed by atoms with E-state index in [-0.39, 0.29) is 30.5 Å². The molecule has 2 rings (SSSR count). The van der Waals surface area contributed by atoms with Crippen LogP contribution in [0.4, 0.5) is 18.3 Å². The van der Waals surface area contributed by atoms with E-state index in [2.05, 4.69) is 4.98 Å². The molecule has 1 aliphatic rings. The zero-order valence-electron chi connectivity index (χ0n) is 10.1. The second-order valence-corrected chi connectivity index (χ2v) is 5.23. The van der Waals surface area contributed by atoms with E-state index in [0.717, 1.165) is 17.4 Å². The zero-order valence-corrected chi connectivity index (χ0v) is 10.9. The Labute approximate surface area is 111 Å². The van der Waals surface area contributed by atoms with Gasteiger partial charge in [-0.15, -0.1) is 0 Å². The molecule has 4 nitrogen and oxygen atoms in total. The lowest BCUT2D eigenvalue weighted by atomic mass is 10.1. The fraction of sp³-hybridized carbons (Fsp3) is 0.455. The number of rotatable bonds is 1. The van der Waals surface area contributed by atoms with Gasteiger partial charge in [0.25, 0.3) is 5.91 Å². The third-order valence-corrected chi connectivity index (χ3v) is 3.84. The smallest absolute Gasteiger partial charge is 0.375 e. The molecule has 1 amide bonds. The lowest BCUT2D eigenvalue weighted by Gasteiger charge is -2.27. The Hall–Kier alpha value is -1.57. The van der Waals surface area contributed by atoms with Crippen molar-refractivity contribution >= 4 is 22.4 Å². The fourth-order valence-electron chi connectivity index (χ4n) is 1.87. The molecule has 0 aliphatic carbocycles. The number of carbonyl (C=O) groups is 1. The van der Waals surface area contributed by atoms with Crippen LogP contribution in [0.1, 0.15) is 21.8 Å². The summed E-state index contributed by atoms with van der Waals surface area (Å²) in [4.78, 5) is 17.8. The molecule has 1 aromatic rings. The number of nitrogen functional groups attached to an aromatic ring is 1. The van der Waals surface area contributed by atoms with Crippen molar-refractivity contribution in [1.82, 2.24) is 9.88 Å². The van der Waals surface area contributed by atoms with Crippen LogP contribution in [0.2, 0.25) is 0 Å². The number of anilines is 1. The van der Waals surface area contributed by atoms with Crippen molar-refractivity contribution in [3.63, 3.8) is 0 Å². The Morgan fingerprint density at radius 3 is 2.63 bits per heavy atom. The minimum atomic E-state index is -4.31. The normalized spacial score (nSPS) is 16.4. The average molecular weight is 291 g/mol. The molecular weight excluding hydrogens is 279 g/mol. The van der Waals surface area contributed by atoms with Crippen LogP contribution >= 0.6 is 11.3 Å². The molecule has 0 spiro atoms. The highest BCUT2D eigenvalue weighted by molar-refractivity contribution is 7.17. The Morgan fingerprint density at radius 1 is 1.53 bits per heavy atom. The van der Waals surface area contributed by atoms with Gasteiger partial charge >= 0.3 is 6.18 Å². The van der Waals surface area contributed by atoms with Crippen LogP contribution in [0.5, 0.6) is 0 Å². The van der Waals surface area contributed by atoms with Gasteiger partial charge in [0.15, 0.2) is 5.13 Å². The van der Waals surface area contributed by atoms with Gasteiger partial charge in [-0.2, -0.15) is 13.2 Å². The molecule has 1 aromatic heterocycles. The molecule has 0 radical (unpaired) electrons. The summed E-state index contributed by atoms with van der Waals surface area (Å²) in [6, 6.07) is 0. The van der Waals surface area contributed by atoms with Gasteiger partial charge < -0.3 is 10.6 Å². The van der Waals surface area contributed by atoms with Crippen LogP contribution < -0.4 is 5.73 Å². The number of alkyl halides is 3. The number of nitrogens with two attached hydrogens (primary N) is 1. The van der Waals surface area contributed by atoms with E-state index in [1.54, 1.807) is 6.92 Å². The molecule has 0 bridgehead atoms. The van der Waals surface area contributed by atoms with E-state index in [9.17, 15) is 18.0 Å². The summed E-state index contributed by atoms with van der Waals surface area (Å²) in [5, 5.41) is 0.282. The maximum atomic E-state index is 12.5. The molecule has 8 heteroatoms. The van der Waals surface area contributed by atoms with Gasteiger partial charge in [-0.3, -0.25) is 4.79 Å². The van der Waals surface area contributed by atoms with Gasteiger partial charge in [-0.1, -0.05) is 17.4 Å². The maximum absolute atomic E-state index is 12.5. The van der Waals surface area contributed by atoms with Crippen molar-refractivity contribution in [1.29, 1.82) is 0 Å². The Morgan fingerprint density at radius 2 is 2.21 bits per heavy atom. The first-order valence-corrected chi connectivity index (χ1v) is 6.39. The molecule has 104 valence electrons. The van der Waals surface area contributed by atoms with Crippen molar-refractivity contribution in [2.45, 2.75) is 19.5 Å². The highest BCUT2D eigenvalue weighted by Crippen LogP contribution is 2.31. The first kappa shape index (κ1) is 13.9. The summed E-state index contributed by atoms with van der Waals surface area (Å²) in [6.07, 6.45) is -3.43. The van der Waals surface area contributed by atoms with E-state index in [4.69, 9.17) is 5.73 Å². The third kappa shape index (κ3) is 2.89. The largest absolute Gasteiger partial charge is 0.412 e. The predicted molar refractivity (Wildman–Crippen MR) is 65.9 cm³/mol. The molecule has 19 heavy (non-hydrogen) atoms. The molecule has 0 unspecified atom stereocenters. The Balaban J connectivity index is 2.12. The van der Waals surface area contributed by atoms with Gasteiger partial charge in [-0.05, 0) is 13.3 Å². The minimum Gasteiger partial charge on any atom is -0.375 e. The topological polar surface area (TPSA) is 59.2 Å². The Kier molecular flexibility index (Phi) is 3.53. The lowest BCUT2D eigenvalue weighted by Crippen LogP contribution is -2.36. The summed E-state index contributed by atoms with van der Waals surface area (Å²) in [5.41, 5.74) is 5.44. The quantitative estimate of drug-likeness (QED) is 0.808. The number of halogens is 3. The highest BCUT2D eigenvalue weighted by Gasteiger charge is 2.35. The first-order chi connectivity index (χ1) is 8.79. The molecule has 2 N–H and O–H groups in total. The van der Waals surface area contributed by atoms with Crippen molar-refractivity contribution in [3.8, 4) is 0 Å². The van der Waals surface area contributed by atoms with Gasteiger partial charge in [0.1, 0.15) is 4.88 Å². The zero-order chi connectivity index (χ0) is 14.2. The molecule has 2 heterocycles. The van der Waals surface area contributed by atoms with Crippen molar-refractivity contribution in [2.24, 2.45) is 0 Å². The summed E-state index contributed by atoms with van der Waals surface area (Å²) < 4.78 is 37.4. The van der Waals surface area contributed by atoms with Gasteiger partial charge in [0.05, 0.1) is 5.69 Å². The molecular formula is C11H12F3N3OS. The molecule has 0 atom stereocenters. The minimum absolute atomic E-state index is 0.0368. The van der Waals surface area contributed by atoms with E-state index < -0.39 is 11.7 Å². The number of thiazole rings is 1. The highest BCUT2D eigenvalue weighted by atomic mass is 32.1. The fourth-order valence-corrected chi connectivity index (χ4v) is 2.67. The monoisotopic (exact) mass is 291 g/mol. The molecule has 1 aliphatic heterocycles. The number of aryl methyl sites for hydroxylation is 1. The second kappa shape index (κ2) is 4.84. The summed E-state index contributed by atoms with van der Waals surface area (Å²) in [5.74, 6) is -0.316. The van der Waals surface area contributed by atoms with E-state index in [1.165, 1.54) is 4.90 Å². The average Bonchev–Trinajstić information content (AvgIpc) is 2.66. The second-order valence-electron chi connectivity index (χ2n) is 4.19. The maximum Gasteiger partial charge on any atom is 0.412 e. The van der Waals surface area contributed by atoms with Gasteiger partial charge in [-0.25, -0.2) is 4.98 Å². The van der Waals surface area contributed by atoms with Crippen molar-refractivity contribution < 1.29 is 18.0 Å². The predicted octanol–water partition coefficient (Wildman–Crippen LogP) is 2.37. The number of hydrogen-bond acceptors (Lipinski definition) is 4. The summed E-state index contributed by atoms with van der Waals surface area (Å²) in [7, 11) is 0. The lowest BCUT2D eigenvalue weighted by molar-refractivity contribution is -0.0957. The molecule has 0 aromatic carbocycles. The van der Waals surface area contributed by atoms with Crippen LogP contribution in [-0.4, -0.2) is 35.1 Å². The van der Waals surface area contributed by atoms with Crippen molar-refractivity contribution in [3.05, 3.63) is 22.2 Å². The molecule has 0 saturated carbocycles. The number of carbonyl (C=O) groups excluding carboxylic acids is 1. The summed E-state index contributed by atoms with van der Waals surface area (Å²) >= 11 is 1.06. The number of amides is 1. The first-order valence-electron chi connectivity index (χ1n) is 5.57. The van der Waals surface area contributed by atoms with Gasteiger partial charge in [0, 0.05) is 18.7 Å². The van der Waals surface area contributed by atoms with E-state index in [1.807, 2.05) is 0 Å². The van der Waals surface area contributed by atoms with Crippen LogP contribution in [0.25, 0.3) is 0 Å². The standard InChI is InChI=1S/C11H12F3N3OS/c1-6-8(19-10(15)16-6)9(18)17-4-2-7(3-5-17)11(12,13)14/h2H,3-5H2,1H3,(H2,15,16). The van der Waals surface area contributed by atoms with Crippen LogP contribution in [0, 0.1) is 6.92 Å². The Bertz CT molecular complexity index is 536. The molecule has 0 fully saturated rings. The van der Waals surface area contributed by atoms with E-state index in [0.29, 0.717) is 10.6 Å². The molecule has 0 saturated heterocycles. The van der Waals surface area contributed by atoms with Crippen LogP contribution in [0.3, 0.4) is 0 Å². The number of aromatic nitrogens is 1. The summed E-state index contributed by atoms with van der Waals surface area (Å²) in [6.45, 7) is 1.67. The van der Waals surface area contributed by atoms with E-state index >= 15 is 0 Å².